The van der Waals surface area contributed by atoms with E-state index in [9.17, 15) is 9.59 Å². The lowest BCUT2D eigenvalue weighted by Gasteiger charge is -2.07. The van der Waals surface area contributed by atoms with Crippen molar-refractivity contribution in [2.45, 2.75) is 6.42 Å². The predicted molar refractivity (Wildman–Crippen MR) is 87.5 cm³/mol. The molecule has 0 atom stereocenters. The van der Waals surface area contributed by atoms with E-state index in [1.807, 2.05) is 12.1 Å². The molecule has 0 spiro atoms. The van der Waals surface area contributed by atoms with Crippen LogP contribution in [0.5, 0.6) is 0 Å². The van der Waals surface area contributed by atoms with Crippen LogP contribution in [0, 0.1) is 0 Å². The maximum Gasteiger partial charge on any atom is 0.233 e. The average Bonchev–Trinajstić information content (AvgIpc) is 2.44. The van der Waals surface area contributed by atoms with Crippen LogP contribution in [-0.4, -0.2) is 11.8 Å². The summed E-state index contributed by atoms with van der Waals surface area (Å²) in [5.74, 6) is -0.754. The average molecular weight is 368 g/mol. The first kappa shape index (κ1) is 15.5. The van der Waals surface area contributed by atoms with E-state index in [2.05, 4.69) is 26.6 Å². The van der Waals surface area contributed by atoms with Crippen molar-refractivity contribution in [1.82, 2.24) is 0 Å². The second-order valence-electron chi connectivity index (χ2n) is 4.29. The molecule has 21 heavy (non-hydrogen) atoms. The van der Waals surface area contributed by atoms with Gasteiger partial charge in [-0.1, -0.05) is 27.5 Å². The largest absolute Gasteiger partial charge is 0.326 e. The van der Waals surface area contributed by atoms with Crippen molar-refractivity contribution in [3.63, 3.8) is 0 Å². The quantitative estimate of drug-likeness (QED) is 0.800. The Kier molecular flexibility index (Phi) is 5.36. The summed E-state index contributed by atoms with van der Waals surface area (Å²) in [5.41, 5.74) is 1.24. The molecule has 0 bridgehead atoms. The van der Waals surface area contributed by atoms with Crippen molar-refractivity contribution < 1.29 is 9.59 Å². The Morgan fingerprint density at radius 2 is 1.29 bits per heavy atom. The molecule has 108 valence electrons. The van der Waals surface area contributed by atoms with Gasteiger partial charge in [0.15, 0.2) is 0 Å². The van der Waals surface area contributed by atoms with Crippen molar-refractivity contribution in [3.05, 3.63) is 58.0 Å². The van der Waals surface area contributed by atoms with Gasteiger partial charge >= 0.3 is 0 Å². The summed E-state index contributed by atoms with van der Waals surface area (Å²) in [7, 11) is 0. The molecule has 0 radical (unpaired) electrons. The van der Waals surface area contributed by atoms with E-state index in [-0.39, 0.29) is 18.2 Å². The van der Waals surface area contributed by atoms with Crippen molar-refractivity contribution in [2.24, 2.45) is 0 Å². The molecule has 2 aromatic carbocycles. The van der Waals surface area contributed by atoms with Gasteiger partial charge in [-0.15, -0.1) is 0 Å². The van der Waals surface area contributed by atoms with Gasteiger partial charge in [-0.2, -0.15) is 0 Å². The molecule has 0 unspecified atom stereocenters. The van der Waals surface area contributed by atoms with Gasteiger partial charge in [0.05, 0.1) is 0 Å². The van der Waals surface area contributed by atoms with Gasteiger partial charge in [0.2, 0.25) is 11.8 Å². The van der Waals surface area contributed by atoms with Crippen LogP contribution < -0.4 is 10.6 Å². The molecule has 0 saturated heterocycles. The van der Waals surface area contributed by atoms with Gasteiger partial charge in [0.1, 0.15) is 6.42 Å². The van der Waals surface area contributed by atoms with E-state index >= 15 is 0 Å². The highest BCUT2D eigenvalue weighted by Crippen LogP contribution is 2.15. The number of hydrogen-bond donors (Lipinski definition) is 2. The first-order chi connectivity index (χ1) is 10.0. The highest BCUT2D eigenvalue weighted by atomic mass is 79.9. The molecule has 0 aliphatic heterocycles. The van der Waals surface area contributed by atoms with Gasteiger partial charge in [-0.25, -0.2) is 0 Å². The minimum Gasteiger partial charge on any atom is -0.326 e. The number of anilines is 2. The number of carbonyl (C=O) groups excluding carboxylic acids is 2. The Hall–Kier alpha value is -1.85. The molecule has 2 amide bonds. The predicted octanol–water partition coefficient (Wildman–Crippen LogP) is 4.07. The minimum absolute atomic E-state index is 0.251. The summed E-state index contributed by atoms with van der Waals surface area (Å²) in [6.45, 7) is 0. The Morgan fingerprint density at radius 1 is 0.857 bits per heavy atom. The summed E-state index contributed by atoms with van der Waals surface area (Å²) < 4.78 is 0.918. The highest BCUT2D eigenvalue weighted by molar-refractivity contribution is 9.10. The maximum atomic E-state index is 11.7. The third-order valence-corrected chi connectivity index (χ3v) is 3.36. The van der Waals surface area contributed by atoms with Gasteiger partial charge < -0.3 is 10.6 Å². The number of halogens is 2. The fourth-order valence-electron chi connectivity index (χ4n) is 1.62. The zero-order valence-electron chi connectivity index (χ0n) is 10.9. The summed E-state index contributed by atoms with van der Waals surface area (Å²) in [6, 6.07) is 13.8. The molecular formula is C15H12BrClN2O2. The van der Waals surface area contributed by atoms with Crippen LogP contribution in [0.4, 0.5) is 11.4 Å². The normalized spacial score (nSPS) is 10.0. The topological polar surface area (TPSA) is 58.2 Å². The molecule has 2 rings (SSSR count). The van der Waals surface area contributed by atoms with E-state index in [4.69, 9.17) is 11.6 Å². The van der Waals surface area contributed by atoms with Crippen molar-refractivity contribution >= 4 is 50.7 Å². The second-order valence-corrected chi connectivity index (χ2v) is 5.64. The van der Waals surface area contributed by atoms with Crippen LogP contribution in [-0.2, 0) is 9.59 Å². The van der Waals surface area contributed by atoms with Gasteiger partial charge in [0, 0.05) is 20.9 Å². The number of benzene rings is 2. The standard InChI is InChI=1S/C15H12BrClN2O2/c16-10-1-5-12(6-2-10)18-14(20)9-15(21)19-13-7-3-11(17)4-8-13/h1-8H,9H2,(H,18,20)(H,19,21). The summed E-state index contributed by atoms with van der Waals surface area (Å²) in [6.07, 6.45) is -0.251. The van der Waals surface area contributed by atoms with E-state index in [0.29, 0.717) is 16.4 Å². The van der Waals surface area contributed by atoms with Crippen LogP contribution >= 0.6 is 27.5 Å². The molecule has 0 fully saturated rings. The number of rotatable bonds is 4. The lowest BCUT2D eigenvalue weighted by Crippen LogP contribution is -2.21. The SMILES string of the molecule is O=C(CC(=O)Nc1ccc(Br)cc1)Nc1ccc(Cl)cc1. The summed E-state index contributed by atoms with van der Waals surface area (Å²) in [4.78, 5) is 23.5. The smallest absolute Gasteiger partial charge is 0.233 e. The molecule has 0 aliphatic carbocycles. The molecule has 2 N–H and O–H groups in total. The van der Waals surface area contributed by atoms with Crippen LogP contribution in [0.3, 0.4) is 0 Å². The van der Waals surface area contributed by atoms with Gasteiger partial charge in [-0.3, -0.25) is 9.59 Å². The third kappa shape index (κ3) is 5.21. The number of hydrogen-bond acceptors (Lipinski definition) is 2. The van der Waals surface area contributed by atoms with Crippen LogP contribution in [0.2, 0.25) is 5.02 Å². The van der Waals surface area contributed by atoms with Crippen LogP contribution in [0.1, 0.15) is 6.42 Å². The van der Waals surface area contributed by atoms with E-state index < -0.39 is 0 Å². The van der Waals surface area contributed by atoms with Crippen LogP contribution in [0.25, 0.3) is 0 Å². The molecule has 0 saturated carbocycles. The molecule has 4 nitrogen and oxygen atoms in total. The summed E-state index contributed by atoms with van der Waals surface area (Å²) in [5, 5.41) is 5.87. The monoisotopic (exact) mass is 366 g/mol. The summed E-state index contributed by atoms with van der Waals surface area (Å²) >= 11 is 9.06. The molecule has 0 aromatic heterocycles. The van der Waals surface area contributed by atoms with Crippen LogP contribution in [0.15, 0.2) is 53.0 Å². The molecule has 0 heterocycles. The lowest BCUT2D eigenvalue weighted by molar-refractivity contribution is -0.123. The fraction of sp³-hybridized carbons (Fsp3) is 0.0667. The molecular weight excluding hydrogens is 356 g/mol. The maximum absolute atomic E-state index is 11.7. The van der Waals surface area contributed by atoms with E-state index in [0.717, 1.165) is 4.47 Å². The van der Waals surface area contributed by atoms with E-state index in [1.54, 1.807) is 36.4 Å². The third-order valence-electron chi connectivity index (χ3n) is 2.58. The second kappa shape index (κ2) is 7.24. The molecule has 6 heteroatoms. The Balaban J connectivity index is 1.85. The number of nitrogens with one attached hydrogen (secondary N) is 2. The molecule has 0 aliphatic rings. The van der Waals surface area contributed by atoms with Crippen molar-refractivity contribution in [2.75, 3.05) is 10.6 Å². The number of amides is 2. The minimum atomic E-state index is -0.382. The van der Waals surface area contributed by atoms with Crippen molar-refractivity contribution in [3.8, 4) is 0 Å². The van der Waals surface area contributed by atoms with E-state index in [1.165, 1.54) is 0 Å². The van der Waals surface area contributed by atoms with Gasteiger partial charge in [0.25, 0.3) is 0 Å². The Bertz CT molecular complexity index is 584. The fourth-order valence-corrected chi connectivity index (χ4v) is 2.01. The molecule has 2 aromatic rings. The van der Waals surface area contributed by atoms with Crippen molar-refractivity contribution in [1.29, 1.82) is 0 Å². The lowest BCUT2D eigenvalue weighted by atomic mass is 10.3. The number of carbonyl (C=O) groups is 2. The highest BCUT2D eigenvalue weighted by Gasteiger charge is 2.10. The first-order valence-electron chi connectivity index (χ1n) is 6.14. The Morgan fingerprint density at radius 3 is 1.76 bits per heavy atom. The zero-order chi connectivity index (χ0) is 15.2. The Labute approximate surface area is 135 Å². The zero-order valence-corrected chi connectivity index (χ0v) is 13.2. The first-order valence-corrected chi connectivity index (χ1v) is 7.31. The van der Waals surface area contributed by atoms with Gasteiger partial charge in [-0.05, 0) is 48.5 Å².